The molecule has 0 amide bonds. The highest BCUT2D eigenvalue weighted by molar-refractivity contribution is 6.31. The van der Waals surface area contributed by atoms with Crippen LogP contribution in [0.1, 0.15) is 26.3 Å². The molecule has 1 aromatic carbocycles. The van der Waals surface area contributed by atoms with Crippen LogP contribution < -0.4 is 5.32 Å². The lowest BCUT2D eigenvalue weighted by molar-refractivity contribution is 0.0581. The Labute approximate surface area is 107 Å². The molecule has 2 N–H and O–H groups in total. The zero-order chi connectivity index (χ0) is 13.1. The first-order valence-corrected chi connectivity index (χ1v) is 6.08. The van der Waals surface area contributed by atoms with Gasteiger partial charge in [0.05, 0.1) is 10.6 Å². The van der Waals surface area contributed by atoms with E-state index in [-0.39, 0.29) is 5.02 Å². The van der Waals surface area contributed by atoms with Crippen LogP contribution >= 0.6 is 11.6 Å². The van der Waals surface area contributed by atoms with Crippen molar-refractivity contribution in [3.63, 3.8) is 0 Å². The summed E-state index contributed by atoms with van der Waals surface area (Å²) in [5, 5.41) is 13.4. The molecular weight excluding hydrogens is 241 g/mol. The minimum Gasteiger partial charge on any atom is -0.389 e. The van der Waals surface area contributed by atoms with Crippen LogP contribution in [0.5, 0.6) is 0 Å². The van der Waals surface area contributed by atoms with Gasteiger partial charge in [-0.05, 0) is 18.6 Å². The fraction of sp³-hybridized carbons (Fsp3) is 0.538. The Balaban J connectivity index is 2.72. The van der Waals surface area contributed by atoms with Crippen molar-refractivity contribution >= 4 is 11.6 Å². The van der Waals surface area contributed by atoms with Crippen molar-refractivity contribution in [2.75, 3.05) is 6.54 Å². The third-order valence-corrected chi connectivity index (χ3v) is 2.92. The van der Waals surface area contributed by atoms with E-state index >= 15 is 0 Å². The van der Waals surface area contributed by atoms with Crippen molar-refractivity contribution in [2.45, 2.75) is 38.8 Å². The monoisotopic (exact) mass is 259 g/mol. The van der Waals surface area contributed by atoms with Crippen LogP contribution in [0.25, 0.3) is 0 Å². The maximum Gasteiger partial charge on any atom is 0.142 e. The number of nitrogens with one attached hydrogen (secondary N) is 1. The molecule has 2 nitrogen and oxygen atoms in total. The Morgan fingerprint density at radius 2 is 2.12 bits per heavy atom. The zero-order valence-corrected chi connectivity index (χ0v) is 11.2. The lowest BCUT2D eigenvalue weighted by Gasteiger charge is -2.25. The van der Waals surface area contributed by atoms with Gasteiger partial charge in [0.25, 0.3) is 0 Å². The first-order valence-electron chi connectivity index (χ1n) is 5.70. The van der Waals surface area contributed by atoms with E-state index in [0.29, 0.717) is 24.6 Å². The second-order valence-corrected chi connectivity index (χ2v) is 5.30. The Morgan fingerprint density at radius 1 is 1.47 bits per heavy atom. The molecule has 0 aromatic heterocycles. The molecule has 1 aromatic rings. The molecule has 0 saturated heterocycles. The average molecular weight is 260 g/mol. The summed E-state index contributed by atoms with van der Waals surface area (Å²) < 4.78 is 13.2. The lowest BCUT2D eigenvalue weighted by Crippen LogP contribution is -2.42. The number of aliphatic hydroxyl groups is 1. The summed E-state index contributed by atoms with van der Waals surface area (Å²) in [6.45, 7) is 6.16. The van der Waals surface area contributed by atoms with Gasteiger partial charge in [-0.3, -0.25) is 0 Å². The average Bonchev–Trinajstić information content (AvgIpc) is 2.22. The third kappa shape index (κ3) is 4.62. The molecule has 0 aliphatic rings. The summed E-state index contributed by atoms with van der Waals surface area (Å²) in [5.74, 6) is -0.447. The topological polar surface area (TPSA) is 32.3 Å². The third-order valence-electron chi connectivity index (χ3n) is 2.49. The fourth-order valence-electron chi connectivity index (χ4n) is 1.58. The largest absolute Gasteiger partial charge is 0.389 e. The Kier molecular flexibility index (Phi) is 4.92. The summed E-state index contributed by atoms with van der Waals surface area (Å²) >= 11 is 5.86. The van der Waals surface area contributed by atoms with Crippen molar-refractivity contribution in [1.82, 2.24) is 5.32 Å². The summed E-state index contributed by atoms with van der Waals surface area (Å²) in [7, 11) is 0. The van der Waals surface area contributed by atoms with E-state index in [1.54, 1.807) is 19.1 Å². The van der Waals surface area contributed by atoms with E-state index in [2.05, 4.69) is 5.32 Å². The second kappa shape index (κ2) is 5.80. The fourth-order valence-corrected chi connectivity index (χ4v) is 1.77. The van der Waals surface area contributed by atoms with Gasteiger partial charge in [-0.2, -0.15) is 0 Å². The molecule has 1 atom stereocenters. The van der Waals surface area contributed by atoms with Crippen LogP contribution in [0.15, 0.2) is 18.2 Å². The summed E-state index contributed by atoms with van der Waals surface area (Å²) in [5.41, 5.74) is -0.316. The number of hydrogen-bond acceptors (Lipinski definition) is 2. The van der Waals surface area contributed by atoms with Crippen molar-refractivity contribution in [3.05, 3.63) is 34.6 Å². The van der Waals surface area contributed by atoms with E-state index in [1.807, 2.05) is 13.8 Å². The first kappa shape index (κ1) is 14.4. The van der Waals surface area contributed by atoms with Gasteiger partial charge in [-0.25, -0.2) is 4.39 Å². The summed E-state index contributed by atoms with van der Waals surface area (Å²) in [6, 6.07) is 4.94. The molecule has 0 radical (unpaired) electrons. The molecule has 0 saturated carbocycles. The maximum atomic E-state index is 13.2. The number of halogens is 2. The molecule has 0 aliphatic heterocycles. The number of rotatable bonds is 5. The van der Waals surface area contributed by atoms with Gasteiger partial charge in [-0.1, -0.05) is 37.6 Å². The molecule has 0 heterocycles. The number of hydrogen-bond donors (Lipinski definition) is 2. The molecule has 0 fully saturated rings. The normalized spacial score (nSPS) is 15.0. The van der Waals surface area contributed by atoms with Gasteiger partial charge in [0, 0.05) is 19.0 Å². The predicted octanol–water partition coefficient (Wildman–Crippen LogP) is 2.77. The van der Waals surface area contributed by atoms with Crippen molar-refractivity contribution in [1.29, 1.82) is 0 Å². The Hall–Kier alpha value is -0.640. The van der Waals surface area contributed by atoms with Gasteiger partial charge >= 0.3 is 0 Å². The van der Waals surface area contributed by atoms with E-state index in [0.717, 1.165) is 0 Å². The van der Waals surface area contributed by atoms with E-state index in [4.69, 9.17) is 11.6 Å². The molecular formula is C13H19ClFNO. The van der Waals surface area contributed by atoms with E-state index < -0.39 is 11.4 Å². The van der Waals surface area contributed by atoms with Crippen molar-refractivity contribution in [3.8, 4) is 0 Å². The minimum atomic E-state index is -0.943. The molecule has 0 aliphatic carbocycles. The van der Waals surface area contributed by atoms with Crippen LogP contribution in [0.4, 0.5) is 4.39 Å². The van der Waals surface area contributed by atoms with Gasteiger partial charge in [-0.15, -0.1) is 0 Å². The molecule has 4 heteroatoms. The van der Waals surface area contributed by atoms with Gasteiger partial charge in [0.15, 0.2) is 0 Å². The van der Waals surface area contributed by atoms with Crippen LogP contribution in [0.3, 0.4) is 0 Å². The second-order valence-electron chi connectivity index (χ2n) is 4.92. The zero-order valence-electron chi connectivity index (χ0n) is 10.4. The Bertz CT molecular complexity index is 380. The van der Waals surface area contributed by atoms with Crippen molar-refractivity contribution < 1.29 is 9.50 Å². The molecule has 96 valence electrons. The predicted molar refractivity (Wildman–Crippen MR) is 68.9 cm³/mol. The molecule has 17 heavy (non-hydrogen) atoms. The highest BCUT2D eigenvalue weighted by Gasteiger charge is 2.22. The molecule has 0 bridgehead atoms. The first-order chi connectivity index (χ1) is 7.82. The smallest absolute Gasteiger partial charge is 0.142 e. The van der Waals surface area contributed by atoms with Crippen LogP contribution in [0, 0.1) is 5.82 Å². The quantitative estimate of drug-likeness (QED) is 0.852. The van der Waals surface area contributed by atoms with Gasteiger partial charge in [0.2, 0.25) is 0 Å². The SMILES string of the molecule is CC(C)NCC(C)(O)Cc1cccc(F)c1Cl. The molecule has 0 spiro atoms. The lowest BCUT2D eigenvalue weighted by atomic mass is 9.96. The number of benzene rings is 1. The highest BCUT2D eigenvalue weighted by Crippen LogP contribution is 2.23. The van der Waals surface area contributed by atoms with Crippen LogP contribution in [-0.2, 0) is 6.42 Å². The van der Waals surface area contributed by atoms with E-state index in [9.17, 15) is 9.50 Å². The van der Waals surface area contributed by atoms with Crippen molar-refractivity contribution in [2.24, 2.45) is 0 Å². The summed E-state index contributed by atoms with van der Waals surface area (Å²) in [4.78, 5) is 0. The molecule has 1 rings (SSSR count). The standard InChI is InChI=1S/C13H19ClFNO/c1-9(2)16-8-13(3,17)7-10-5-4-6-11(15)12(10)14/h4-6,9,16-17H,7-8H2,1-3H3. The summed E-state index contributed by atoms with van der Waals surface area (Å²) in [6.07, 6.45) is 0.323. The van der Waals surface area contributed by atoms with Crippen LogP contribution in [0.2, 0.25) is 5.02 Å². The van der Waals surface area contributed by atoms with Gasteiger partial charge in [0.1, 0.15) is 5.82 Å². The van der Waals surface area contributed by atoms with Gasteiger partial charge < -0.3 is 10.4 Å². The molecule has 1 unspecified atom stereocenters. The highest BCUT2D eigenvalue weighted by atomic mass is 35.5. The van der Waals surface area contributed by atoms with Crippen LogP contribution in [-0.4, -0.2) is 23.3 Å². The minimum absolute atomic E-state index is 0.0947. The van der Waals surface area contributed by atoms with E-state index in [1.165, 1.54) is 6.07 Å². The maximum absolute atomic E-state index is 13.2. The Morgan fingerprint density at radius 3 is 2.71 bits per heavy atom.